The average Bonchev–Trinajstić information content (AvgIpc) is 3.14. The molecule has 1 aliphatic heterocycles. The van der Waals surface area contributed by atoms with Crippen molar-refractivity contribution in [3.8, 4) is 0 Å². The first-order chi connectivity index (χ1) is 11.0. The van der Waals surface area contributed by atoms with Crippen molar-refractivity contribution < 1.29 is 14.3 Å². The molecular weight excluding hydrogens is 359 g/mol. The number of amides is 2. The van der Waals surface area contributed by atoms with E-state index in [1.807, 2.05) is 17.5 Å². The van der Waals surface area contributed by atoms with Gasteiger partial charge >= 0.3 is 6.09 Å². The van der Waals surface area contributed by atoms with Crippen LogP contribution in [0.2, 0.25) is 10.0 Å². The zero-order valence-electron chi connectivity index (χ0n) is 11.8. The Morgan fingerprint density at radius 3 is 2.91 bits per heavy atom. The van der Waals surface area contributed by atoms with Gasteiger partial charge in [-0.05, 0) is 35.7 Å². The van der Waals surface area contributed by atoms with Gasteiger partial charge in [-0.2, -0.15) is 0 Å². The molecule has 0 aliphatic carbocycles. The lowest BCUT2D eigenvalue weighted by Crippen LogP contribution is -2.34. The third kappa shape index (κ3) is 3.60. The minimum atomic E-state index is -0.406. The summed E-state index contributed by atoms with van der Waals surface area (Å²) in [5.74, 6) is -0.336. The molecule has 2 heterocycles. The van der Waals surface area contributed by atoms with E-state index in [1.165, 1.54) is 17.4 Å². The Labute approximate surface area is 146 Å². The van der Waals surface area contributed by atoms with Gasteiger partial charge in [0.1, 0.15) is 11.1 Å². The van der Waals surface area contributed by atoms with Crippen LogP contribution in [0, 0.1) is 0 Å². The molecule has 23 heavy (non-hydrogen) atoms. The normalized spacial score (nSPS) is 17.2. The molecule has 0 bridgehead atoms. The molecule has 1 atom stereocenters. The molecule has 0 saturated carbocycles. The van der Waals surface area contributed by atoms with E-state index in [1.54, 1.807) is 17.0 Å². The highest BCUT2D eigenvalue weighted by Crippen LogP contribution is 2.26. The standard InChI is InChI=1S/C15H12Cl2N2O3S/c16-9-3-4-11(12(17)6-9)14(20)18-7-10-8-19(15(21)22-10)13-2-1-5-23-13/h1-6,10H,7-8H2,(H,18,20). The number of carbonyl (C=O) groups is 2. The predicted octanol–water partition coefficient (Wildman–Crippen LogP) is 3.81. The molecule has 1 N–H and O–H groups in total. The molecule has 2 aromatic rings. The van der Waals surface area contributed by atoms with Crippen molar-refractivity contribution in [2.45, 2.75) is 6.10 Å². The molecule has 2 amide bonds. The van der Waals surface area contributed by atoms with Crippen LogP contribution in [0.25, 0.3) is 0 Å². The number of carbonyl (C=O) groups excluding carboxylic acids is 2. The van der Waals surface area contributed by atoms with E-state index < -0.39 is 12.2 Å². The smallest absolute Gasteiger partial charge is 0.415 e. The zero-order chi connectivity index (χ0) is 16.4. The molecule has 1 aromatic heterocycles. The second kappa shape index (κ2) is 6.78. The first-order valence-electron chi connectivity index (χ1n) is 6.79. The van der Waals surface area contributed by atoms with Crippen LogP contribution in [0.3, 0.4) is 0 Å². The van der Waals surface area contributed by atoms with Crippen molar-refractivity contribution in [3.63, 3.8) is 0 Å². The van der Waals surface area contributed by atoms with Crippen LogP contribution >= 0.6 is 34.5 Å². The monoisotopic (exact) mass is 370 g/mol. The van der Waals surface area contributed by atoms with Crippen LogP contribution < -0.4 is 10.2 Å². The third-order valence-electron chi connectivity index (χ3n) is 3.31. The molecule has 0 spiro atoms. The van der Waals surface area contributed by atoms with E-state index in [9.17, 15) is 9.59 Å². The van der Waals surface area contributed by atoms with Gasteiger partial charge in [-0.1, -0.05) is 23.2 Å². The summed E-state index contributed by atoms with van der Waals surface area (Å²) in [5.41, 5.74) is 0.329. The van der Waals surface area contributed by atoms with Gasteiger partial charge < -0.3 is 10.1 Å². The van der Waals surface area contributed by atoms with Gasteiger partial charge in [-0.3, -0.25) is 9.69 Å². The van der Waals surface area contributed by atoms with Crippen LogP contribution in [-0.4, -0.2) is 31.2 Å². The number of anilines is 1. The van der Waals surface area contributed by atoms with Crippen molar-refractivity contribution in [1.82, 2.24) is 5.32 Å². The van der Waals surface area contributed by atoms with Crippen LogP contribution in [0.5, 0.6) is 0 Å². The minimum absolute atomic E-state index is 0.214. The predicted molar refractivity (Wildman–Crippen MR) is 90.7 cm³/mol. The summed E-state index contributed by atoms with van der Waals surface area (Å²) in [6.07, 6.45) is -0.809. The van der Waals surface area contributed by atoms with Crippen LogP contribution in [0.15, 0.2) is 35.7 Å². The fourth-order valence-corrected chi connectivity index (χ4v) is 3.43. The highest BCUT2D eigenvalue weighted by atomic mass is 35.5. The molecule has 1 aromatic carbocycles. The van der Waals surface area contributed by atoms with Gasteiger partial charge in [0.15, 0.2) is 0 Å². The minimum Gasteiger partial charge on any atom is -0.442 e. The van der Waals surface area contributed by atoms with Gasteiger partial charge in [-0.25, -0.2) is 4.79 Å². The van der Waals surface area contributed by atoms with Gasteiger partial charge in [-0.15, -0.1) is 11.3 Å². The maximum atomic E-state index is 12.1. The Hall–Kier alpha value is -1.76. The molecule has 8 heteroatoms. The lowest BCUT2D eigenvalue weighted by Gasteiger charge is -2.11. The second-order valence-corrected chi connectivity index (χ2v) is 6.67. The molecule has 0 radical (unpaired) electrons. The summed E-state index contributed by atoms with van der Waals surface area (Å²) in [7, 11) is 0. The lowest BCUT2D eigenvalue weighted by molar-refractivity contribution is 0.0916. The maximum absolute atomic E-state index is 12.1. The van der Waals surface area contributed by atoms with Crippen LogP contribution in [0.4, 0.5) is 9.80 Å². The fraction of sp³-hybridized carbons (Fsp3) is 0.200. The van der Waals surface area contributed by atoms with E-state index >= 15 is 0 Å². The van der Waals surface area contributed by atoms with Gasteiger partial charge in [0.2, 0.25) is 0 Å². The highest BCUT2D eigenvalue weighted by Gasteiger charge is 2.33. The van der Waals surface area contributed by atoms with E-state index in [2.05, 4.69) is 5.32 Å². The van der Waals surface area contributed by atoms with Gasteiger partial charge in [0, 0.05) is 5.02 Å². The first kappa shape index (κ1) is 16.1. The zero-order valence-corrected chi connectivity index (χ0v) is 14.1. The number of halogens is 2. The summed E-state index contributed by atoms with van der Waals surface area (Å²) < 4.78 is 5.26. The Bertz CT molecular complexity index is 736. The van der Waals surface area contributed by atoms with Crippen molar-refractivity contribution in [2.24, 2.45) is 0 Å². The summed E-state index contributed by atoms with van der Waals surface area (Å²) >= 11 is 13.3. The number of thiophene rings is 1. The average molecular weight is 371 g/mol. The Balaban J connectivity index is 1.59. The topological polar surface area (TPSA) is 58.6 Å². The Morgan fingerprint density at radius 1 is 1.39 bits per heavy atom. The summed E-state index contributed by atoms with van der Waals surface area (Å²) in [5, 5.41) is 6.17. The largest absolute Gasteiger partial charge is 0.442 e. The van der Waals surface area contributed by atoms with Crippen LogP contribution in [-0.2, 0) is 4.74 Å². The maximum Gasteiger partial charge on any atom is 0.415 e. The van der Waals surface area contributed by atoms with Crippen molar-refractivity contribution in [3.05, 3.63) is 51.3 Å². The van der Waals surface area contributed by atoms with Gasteiger partial charge in [0.05, 0.1) is 23.7 Å². The molecular formula is C15H12Cl2N2O3S. The summed E-state index contributed by atoms with van der Waals surface area (Å²) in [6.45, 7) is 0.610. The molecule has 1 saturated heterocycles. The number of cyclic esters (lactones) is 1. The number of hydrogen-bond donors (Lipinski definition) is 1. The number of benzene rings is 1. The van der Waals surface area contributed by atoms with Crippen LogP contribution in [0.1, 0.15) is 10.4 Å². The van der Waals surface area contributed by atoms with Crippen molar-refractivity contribution >= 4 is 51.5 Å². The number of nitrogens with one attached hydrogen (secondary N) is 1. The Kier molecular flexibility index (Phi) is 4.75. The van der Waals surface area contributed by atoms with E-state index in [-0.39, 0.29) is 17.5 Å². The van der Waals surface area contributed by atoms with Crippen molar-refractivity contribution in [2.75, 3.05) is 18.0 Å². The highest BCUT2D eigenvalue weighted by molar-refractivity contribution is 7.14. The summed E-state index contributed by atoms with van der Waals surface area (Å²) in [6, 6.07) is 8.37. The number of hydrogen-bond acceptors (Lipinski definition) is 4. The Morgan fingerprint density at radius 2 is 2.22 bits per heavy atom. The van der Waals surface area contributed by atoms with Gasteiger partial charge in [0.25, 0.3) is 5.91 Å². The third-order valence-corrected chi connectivity index (χ3v) is 4.75. The number of ether oxygens (including phenoxy) is 1. The first-order valence-corrected chi connectivity index (χ1v) is 8.43. The number of nitrogens with zero attached hydrogens (tertiary/aromatic N) is 1. The molecule has 3 rings (SSSR count). The fourth-order valence-electron chi connectivity index (χ4n) is 2.21. The number of rotatable bonds is 4. The molecule has 1 aliphatic rings. The van der Waals surface area contributed by atoms with Crippen molar-refractivity contribution in [1.29, 1.82) is 0 Å². The molecule has 1 unspecified atom stereocenters. The molecule has 5 nitrogen and oxygen atoms in total. The van der Waals surface area contributed by atoms with E-state index in [0.717, 1.165) is 5.00 Å². The second-order valence-electron chi connectivity index (χ2n) is 4.90. The molecule has 120 valence electrons. The lowest BCUT2D eigenvalue weighted by atomic mass is 10.2. The molecule has 1 fully saturated rings. The van der Waals surface area contributed by atoms with E-state index in [4.69, 9.17) is 27.9 Å². The summed E-state index contributed by atoms with van der Waals surface area (Å²) in [4.78, 5) is 25.5. The van der Waals surface area contributed by atoms with E-state index in [0.29, 0.717) is 17.1 Å². The SMILES string of the molecule is O=C(NCC1CN(c2cccs2)C(=O)O1)c1ccc(Cl)cc1Cl. The quantitative estimate of drug-likeness (QED) is 0.889.